The van der Waals surface area contributed by atoms with E-state index in [2.05, 4.69) is 55.4 Å². The zero-order valence-electron chi connectivity index (χ0n) is 7.39. The molecule has 0 amide bonds. The van der Waals surface area contributed by atoms with Crippen LogP contribution in [0.25, 0.3) is 0 Å². The molecule has 0 N–H and O–H groups in total. The maximum absolute atomic E-state index is 3.89. The van der Waals surface area contributed by atoms with E-state index in [1.54, 1.807) is 0 Å². The van der Waals surface area contributed by atoms with Gasteiger partial charge in [0.2, 0.25) is 0 Å². The van der Waals surface area contributed by atoms with Gasteiger partial charge < -0.3 is 0 Å². The lowest BCUT2D eigenvalue weighted by Crippen LogP contribution is -2.11. The van der Waals surface area contributed by atoms with Gasteiger partial charge in [0, 0.05) is 0 Å². The van der Waals surface area contributed by atoms with E-state index < -0.39 is 0 Å². The SMILES string of the molecule is C=[N+](/C=C/CCC)CC(C)I. The summed E-state index contributed by atoms with van der Waals surface area (Å²) in [6, 6.07) is 0. The number of alkyl halides is 1. The molecule has 0 bridgehead atoms. The topological polar surface area (TPSA) is 3.01 Å². The number of rotatable bonds is 5. The molecule has 11 heavy (non-hydrogen) atoms. The number of hydrogen-bond donors (Lipinski definition) is 0. The van der Waals surface area contributed by atoms with E-state index in [1.165, 1.54) is 6.42 Å². The van der Waals surface area contributed by atoms with E-state index in [1.807, 2.05) is 4.58 Å². The molecule has 0 fully saturated rings. The summed E-state index contributed by atoms with van der Waals surface area (Å²) in [5, 5.41) is 0. The molecule has 0 aromatic carbocycles. The molecule has 0 aromatic heterocycles. The standard InChI is InChI=1S/C9H17IN/c1-4-5-6-7-11(3)8-9(2)10/h6-7,9H,3-5,8H2,1-2H3/q+1/b7-6+. The van der Waals surface area contributed by atoms with Crippen molar-refractivity contribution in [1.82, 2.24) is 0 Å². The van der Waals surface area contributed by atoms with Gasteiger partial charge in [0.25, 0.3) is 0 Å². The highest BCUT2D eigenvalue weighted by molar-refractivity contribution is 14.1. The summed E-state index contributed by atoms with van der Waals surface area (Å²) in [5.41, 5.74) is 0. The normalized spacial score (nSPS) is 13.7. The van der Waals surface area contributed by atoms with Gasteiger partial charge in [-0.1, -0.05) is 35.9 Å². The zero-order chi connectivity index (χ0) is 8.69. The molecule has 64 valence electrons. The van der Waals surface area contributed by atoms with E-state index in [0.29, 0.717) is 3.92 Å². The molecule has 0 spiro atoms. The largest absolute Gasteiger partial charge is 0.211 e. The molecule has 0 aliphatic heterocycles. The molecule has 0 radical (unpaired) electrons. The highest BCUT2D eigenvalue weighted by Gasteiger charge is 2.00. The fourth-order valence-corrected chi connectivity index (χ4v) is 1.28. The number of nitrogens with zero attached hydrogens (tertiary/aromatic N) is 1. The molecule has 0 saturated heterocycles. The minimum Gasteiger partial charge on any atom is -0.211 e. The average molecular weight is 266 g/mol. The first kappa shape index (κ1) is 11.1. The van der Waals surface area contributed by atoms with E-state index in [4.69, 9.17) is 0 Å². The van der Waals surface area contributed by atoms with Crippen molar-refractivity contribution >= 4 is 29.3 Å². The van der Waals surface area contributed by atoms with Crippen molar-refractivity contribution in [2.75, 3.05) is 6.54 Å². The van der Waals surface area contributed by atoms with Gasteiger partial charge in [0.15, 0.2) is 12.7 Å². The van der Waals surface area contributed by atoms with Crippen molar-refractivity contribution in [3.05, 3.63) is 12.3 Å². The summed E-state index contributed by atoms with van der Waals surface area (Å²) in [7, 11) is 0. The second-order valence-corrected chi connectivity index (χ2v) is 4.85. The van der Waals surface area contributed by atoms with Crippen molar-refractivity contribution in [3.63, 3.8) is 0 Å². The van der Waals surface area contributed by atoms with Crippen LogP contribution in [-0.4, -0.2) is 21.8 Å². The Bertz CT molecular complexity index is 138. The predicted molar refractivity (Wildman–Crippen MR) is 59.8 cm³/mol. The van der Waals surface area contributed by atoms with Gasteiger partial charge >= 0.3 is 0 Å². The Kier molecular flexibility index (Phi) is 6.91. The van der Waals surface area contributed by atoms with Crippen molar-refractivity contribution in [2.24, 2.45) is 0 Å². The Labute approximate surface area is 83.3 Å². The van der Waals surface area contributed by atoms with Crippen LogP contribution in [0.5, 0.6) is 0 Å². The van der Waals surface area contributed by atoms with Crippen LogP contribution in [0.3, 0.4) is 0 Å². The monoisotopic (exact) mass is 266 g/mol. The second-order valence-electron chi connectivity index (χ2n) is 2.73. The molecular formula is C9H17IN+. The van der Waals surface area contributed by atoms with Crippen LogP contribution in [0.4, 0.5) is 0 Å². The number of unbranched alkanes of at least 4 members (excludes halogenated alkanes) is 1. The third kappa shape index (κ3) is 8.04. The maximum Gasteiger partial charge on any atom is 0.164 e. The van der Waals surface area contributed by atoms with Crippen molar-refractivity contribution in [1.29, 1.82) is 0 Å². The highest BCUT2D eigenvalue weighted by Crippen LogP contribution is 1.98. The first-order chi connectivity index (χ1) is 5.16. The van der Waals surface area contributed by atoms with Crippen molar-refractivity contribution in [2.45, 2.75) is 30.6 Å². The minimum absolute atomic E-state index is 0.663. The molecular weight excluding hydrogens is 249 g/mol. The molecule has 0 rings (SSSR count). The van der Waals surface area contributed by atoms with E-state index in [-0.39, 0.29) is 0 Å². The molecule has 0 saturated carbocycles. The third-order valence-electron chi connectivity index (χ3n) is 1.26. The van der Waals surface area contributed by atoms with E-state index in [0.717, 1.165) is 13.0 Å². The molecule has 1 nitrogen and oxygen atoms in total. The van der Waals surface area contributed by atoms with Crippen LogP contribution in [0.1, 0.15) is 26.7 Å². The lowest BCUT2D eigenvalue weighted by atomic mass is 10.3. The van der Waals surface area contributed by atoms with Crippen LogP contribution in [0.15, 0.2) is 12.3 Å². The summed E-state index contributed by atoms with van der Waals surface area (Å²) in [6.45, 7) is 9.29. The van der Waals surface area contributed by atoms with E-state index in [9.17, 15) is 0 Å². The zero-order valence-corrected chi connectivity index (χ0v) is 9.54. The number of halogens is 1. The Balaban J connectivity index is 3.51. The van der Waals surface area contributed by atoms with E-state index >= 15 is 0 Å². The van der Waals surface area contributed by atoms with Crippen LogP contribution in [0, 0.1) is 0 Å². The quantitative estimate of drug-likeness (QED) is 0.311. The predicted octanol–water partition coefficient (Wildman–Crippen LogP) is 2.84. The molecule has 0 aliphatic rings. The lowest BCUT2D eigenvalue weighted by Gasteiger charge is -1.96. The number of hydrogen-bond acceptors (Lipinski definition) is 0. The molecule has 1 atom stereocenters. The van der Waals surface area contributed by atoms with Crippen LogP contribution >= 0.6 is 22.6 Å². The Morgan fingerprint density at radius 2 is 2.27 bits per heavy atom. The molecule has 0 aromatic rings. The first-order valence-corrected chi connectivity index (χ1v) is 5.29. The van der Waals surface area contributed by atoms with Crippen LogP contribution in [-0.2, 0) is 0 Å². The van der Waals surface area contributed by atoms with Gasteiger partial charge in [0.05, 0.1) is 3.92 Å². The van der Waals surface area contributed by atoms with Gasteiger partial charge in [-0.15, -0.1) is 0 Å². The Morgan fingerprint density at radius 3 is 2.73 bits per heavy atom. The smallest absolute Gasteiger partial charge is 0.164 e. The maximum atomic E-state index is 3.89. The summed E-state index contributed by atoms with van der Waals surface area (Å²) >= 11 is 2.40. The van der Waals surface area contributed by atoms with Crippen LogP contribution < -0.4 is 0 Å². The molecule has 1 unspecified atom stereocenters. The number of allylic oxidation sites excluding steroid dienone is 1. The van der Waals surface area contributed by atoms with Gasteiger partial charge in [-0.3, -0.25) is 0 Å². The molecule has 0 aliphatic carbocycles. The Hall–Kier alpha value is 0.140. The lowest BCUT2D eigenvalue weighted by molar-refractivity contribution is -0.445. The molecule has 2 heteroatoms. The van der Waals surface area contributed by atoms with Gasteiger partial charge in [-0.2, -0.15) is 0 Å². The van der Waals surface area contributed by atoms with Crippen LogP contribution in [0.2, 0.25) is 0 Å². The fourth-order valence-electron chi connectivity index (χ4n) is 0.774. The average Bonchev–Trinajstić information content (AvgIpc) is 1.86. The Morgan fingerprint density at radius 1 is 1.64 bits per heavy atom. The second kappa shape index (κ2) is 6.83. The van der Waals surface area contributed by atoms with Crippen molar-refractivity contribution < 1.29 is 4.58 Å². The highest BCUT2D eigenvalue weighted by atomic mass is 127. The third-order valence-corrected chi connectivity index (χ3v) is 1.65. The van der Waals surface area contributed by atoms with Gasteiger partial charge in [-0.05, 0) is 19.4 Å². The van der Waals surface area contributed by atoms with Gasteiger partial charge in [-0.25, -0.2) is 4.58 Å². The fraction of sp³-hybridized carbons (Fsp3) is 0.667. The summed E-state index contributed by atoms with van der Waals surface area (Å²) in [6.07, 6.45) is 6.61. The minimum atomic E-state index is 0.663. The first-order valence-electron chi connectivity index (χ1n) is 4.04. The summed E-state index contributed by atoms with van der Waals surface area (Å²) in [5.74, 6) is 0. The van der Waals surface area contributed by atoms with Gasteiger partial charge in [0.1, 0.15) is 6.72 Å². The summed E-state index contributed by atoms with van der Waals surface area (Å²) in [4.78, 5) is 0. The van der Waals surface area contributed by atoms with Crippen molar-refractivity contribution in [3.8, 4) is 0 Å². The molecule has 0 heterocycles. The summed E-state index contributed by atoms with van der Waals surface area (Å²) < 4.78 is 2.66.